The number of halogens is 2. The van der Waals surface area contributed by atoms with E-state index >= 15 is 0 Å². The minimum Gasteiger partial charge on any atom is -0.383 e. The highest BCUT2D eigenvalue weighted by atomic mass is 19.3. The number of alkyl halides is 2. The lowest BCUT2D eigenvalue weighted by molar-refractivity contribution is 0.0936. The van der Waals surface area contributed by atoms with Crippen molar-refractivity contribution in [2.75, 3.05) is 20.3 Å². The van der Waals surface area contributed by atoms with E-state index in [4.69, 9.17) is 4.74 Å². The van der Waals surface area contributed by atoms with Crippen LogP contribution in [0, 0.1) is 6.92 Å². The highest BCUT2D eigenvalue weighted by molar-refractivity contribution is 5.94. The molecule has 0 aromatic heterocycles. The number of benzene rings is 1. The molecule has 0 aliphatic heterocycles. The van der Waals surface area contributed by atoms with Crippen LogP contribution in [0.15, 0.2) is 18.2 Å². The maximum absolute atomic E-state index is 12.5. The predicted molar refractivity (Wildman–Crippen MR) is 60.3 cm³/mol. The fourth-order valence-electron chi connectivity index (χ4n) is 1.44. The topological polar surface area (TPSA) is 38.3 Å². The molecule has 17 heavy (non-hydrogen) atoms. The Balaban J connectivity index is 2.79. The monoisotopic (exact) mass is 243 g/mol. The Morgan fingerprint density at radius 1 is 1.41 bits per heavy atom. The molecular weight excluding hydrogens is 228 g/mol. The maximum Gasteiger partial charge on any atom is 0.263 e. The number of hydrogen-bond acceptors (Lipinski definition) is 2. The number of hydrogen-bond donors (Lipinski definition) is 1. The van der Waals surface area contributed by atoms with Crippen molar-refractivity contribution < 1.29 is 18.3 Å². The molecule has 3 nitrogen and oxygen atoms in total. The van der Waals surface area contributed by atoms with E-state index in [9.17, 15) is 13.6 Å². The van der Waals surface area contributed by atoms with Gasteiger partial charge in [0, 0.05) is 24.8 Å². The van der Waals surface area contributed by atoms with Crippen molar-refractivity contribution in [3.63, 3.8) is 0 Å². The summed E-state index contributed by atoms with van der Waals surface area (Å²) in [5.41, 5.74) is 0.748. The van der Waals surface area contributed by atoms with Crippen molar-refractivity contribution in [2.24, 2.45) is 0 Å². The Kier molecular flexibility index (Phi) is 5.03. The van der Waals surface area contributed by atoms with Crippen LogP contribution in [0.4, 0.5) is 8.78 Å². The van der Waals surface area contributed by atoms with Crippen molar-refractivity contribution in [3.05, 3.63) is 34.9 Å². The fraction of sp³-hybridized carbons (Fsp3) is 0.417. The Bertz CT molecular complexity index is 394. The van der Waals surface area contributed by atoms with Gasteiger partial charge in [0.1, 0.15) is 0 Å². The number of aryl methyl sites for hydroxylation is 1. The number of nitrogens with one attached hydrogen (secondary N) is 1. The van der Waals surface area contributed by atoms with Gasteiger partial charge in [-0.05, 0) is 24.6 Å². The Morgan fingerprint density at radius 2 is 2.12 bits per heavy atom. The van der Waals surface area contributed by atoms with E-state index in [0.717, 1.165) is 0 Å². The second-order valence-corrected chi connectivity index (χ2v) is 3.68. The van der Waals surface area contributed by atoms with Gasteiger partial charge in [-0.1, -0.05) is 6.07 Å². The zero-order valence-electron chi connectivity index (χ0n) is 9.80. The quantitative estimate of drug-likeness (QED) is 0.806. The summed E-state index contributed by atoms with van der Waals surface area (Å²) in [7, 11) is 1.52. The van der Waals surface area contributed by atoms with Crippen LogP contribution in [0.3, 0.4) is 0 Å². The van der Waals surface area contributed by atoms with E-state index in [1.165, 1.54) is 19.2 Å². The third-order valence-corrected chi connectivity index (χ3v) is 2.21. The van der Waals surface area contributed by atoms with Gasteiger partial charge in [0.2, 0.25) is 0 Å². The van der Waals surface area contributed by atoms with Crippen LogP contribution in [0.1, 0.15) is 27.9 Å². The van der Waals surface area contributed by atoms with Crippen LogP contribution in [0.5, 0.6) is 0 Å². The molecule has 1 N–H and O–H groups in total. The van der Waals surface area contributed by atoms with Gasteiger partial charge in [0.25, 0.3) is 12.3 Å². The standard InChI is InChI=1S/C12H15F2NO2/c1-8-5-9(11(13)14)7-10(6-8)12(16)15-3-4-17-2/h5-7,11H,3-4H2,1-2H3,(H,15,16). The van der Waals surface area contributed by atoms with Crippen LogP contribution in [0.25, 0.3) is 0 Å². The molecule has 0 aliphatic rings. The predicted octanol–water partition coefficient (Wildman–Crippen LogP) is 2.31. The second-order valence-electron chi connectivity index (χ2n) is 3.68. The van der Waals surface area contributed by atoms with Gasteiger partial charge < -0.3 is 10.1 Å². The third kappa shape index (κ3) is 4.11. The first-order valence-corrected chi connectivity index (χ1v) is 5.21. The van der Waals surface area contributed by atoms with E-state index in [2.05, 4.69) is 5.32 Å². The van der Waals surface area contributed by atoms with Gasteiger partial charge in [-0.3, -0.25) is 4.79 Å². The summed E-state index contributed by atoms with van der Waals surface area (Å²) in [4.78, 5) is 11.6. The van der Waals surface area contributed by atoms with Gasteiger partial charge in [-0.25, -0.2) is 8.78 Å². The first-order valence-electron chi connectivity index (χ1n) is 5.21. The van der Waals surface area contributed by atoms with Crippen molar-refractivity contribution >= 4 is 5.91 Å². The molecular formula is C12H15F2NO2. The molecule has 0 bridgehead atoms. The molecule has 0 atom stereocenters. The first kappa shape index (κ1) is 13.6. The first-order chi connectivity index (χ1) is 8.04. The van der Waals surface area contributed by atoms with Gasteiger partial charge in [0.15, 0.2) is 0 Å². The summed E-state index contributed by atoms with van der Waals surface area (Å²) in [5, 5.41) is 2.58. The zero-order valence-corrected chi connectivity index (χ0v) is 9.80. The third-order valence-electron chi connectivity index (χ3n) is 2.21. The molecule has 0 aliphatic carbocycles. The minimum absolute atomic E-state index is 0.137. The lowest BCUT2D eigenvalue weighted by Gasteiger charge is -2.08. The molecule has 1 amide bonds. The second kappa shape index (κ2) is 6.30. The summed E-state index contributed by atoms with van der Waals surface area (Å²) < 4.78 is 29.9. The van der Waals surface area contributed by atoms with E-state index in [1.54, 1.807) is 13.0 Å². The smallest absolute Gasteiger partial charge is 0.263 e. The van der Waals surface area contributed by atoms with Crippen LogP contribution in [0.2, 0.25) is 0 Å². The minimum atomic E-state index is -2.57. The van der Waals surface area contributed by atoms with Crippen molar-refractivity contribution in [1.82, 2.24) is 5.32 Å². The molecule has 1 aromatic rings. The number of rotatable bonds is 5. The molecule has 5 heteroatoms. The number of ether oxygens (including phenoxy) is 1. The van der Waals surface area contributed by atoms with Crippen LogP contribution in [-0.2, 0) is 4.74 Å². The fourth-order valence-corrected chi connectivity index (χ4v) is 1.44. The lowest BCUT2D eigenvalue weighted by atomic mass is 10.1. The molecule has 1 aromatic carbocycles. The molecule has 0 fully saturated rings. The van der Waals surface area contributed by atoms with E-state index in [0.29, 0.717) is 18.7 Å². The van der Waals surface area contributed by atoms with Gasteiger partial charge in [-0.2, -0.15) is 0 Å². The average molecular weight is 243 g/mol. The normalized spacial score (nSPS) is 10.6. The summed E-state index contributed by atoms with van der Waals surface area (Å²) in [6.07, 6.45) is -2.57. The molecule has 0 saturated heterocycles. The van der Waals surface area contributed by atoms with Crippen LogP contribution < -0.4 is 5.32 Å². The van der Waals surface area contributed by atoms with Crippen molar-refractivity contribution in [1.29, 1.82) is 0 Å². The van der Waals surface area contributed by atoms with Crippen LogP contribution >= 0.6 is 0 Å². The summed E-state index contributed by atoms with van der Waals surface area (Å²) in [5.74, 6) is -0.368. The Hall–Kier alpha value is -1.49. The van der Waals surface area contributed by atoms with E-state index < -0.39 is 6.43 Å². The van der Waals surface area contributed by atoms with Crippen molar-refractivity contribution in [3.8, 4) is 0 Å². The Morgan fingerprint density at radius 3 is 2.71 bits per heavy atom. The van der Waals surface area contributed by atoms with E-state index in [-0.39, 0.29) is 17.0 Å². The lowest BCUT2D eigenvalue weighted by Crippen LogP contribution is -2.27. The van der Waals surface area contributed by atoms with Crippen molar-refractivity contribution in [2.45, 2.75) is 13.3 Å². The molecule has 0 radical (unpaired) electrons. The molecule has 0 unspecified atom stereocenters. The largest absolute Gasteiger partial charge is 0.383 e. The molecule has 0 saturated carbocycles. The zero-order chi connectivity index (χ0) is 12.8. The SMILES string of the molecule is COCCNC(=O)c1cc(C)cc(C(F)F)c1. The van der Waals surface area contributed by atoms with Gasteiger partial charge in [0.05, 0.1) is 6.61 Å². The number of methoxy groups -OCH3 is 1. The summed E-state index contributed by atoms with van der Waals surface area (Å²) >= 11 is 0. The van der Waals surface area contributed by atoms with Crippen LogP contribution in [-0.4, -0.2) is 26.2 Å². The van der Waals surface area contributed by atoms with E-state index in [1.807, 2.05) is 0 Å². The number of carbonyl (C=O) groups excluding carboxylic acids is 1. The number of carbonyl (C=O) groups is 1. The average Bonchev–Trinajstić information content (AvgIpc) is 2.28. The summed E-state index contributed by atoms with van der Waals surface area (Å²) in [6.45, 7) is 2.42. The highest BCUT2D eigenvalue weighted by Gasteiger charge is 2.12. The Labute approximate surface area is 98.8 Å². The molecule has 0 spiro atoms. The summed E-state index contributed by atoms with van der Waals surface area (Å²) in [6, 6.07) is 4.16. The molecule has 0 heterocycles. The molecule has 94 valence electrons. The van der Waals surface area contributed by atoms with Gasteiger partial charge >= 0.3 is 0 Å². The highest BCUT2D eigenvalue weighted by Crippen LogP contribution is 2.21. The molecule has 1 rings (SSSR count). The van der Waals surface area contributed by atoms with Gasteiger partial charge in [-0.15, -0.1) is 0 Å². The maximum atomic E-state index is 12.5. The number of amides is 1.